The lowest BCUT2D eigenvalue weighted by Crippen LogP contribution is -2.55. The maximum Gasteiger partial charge on any atom is 0.269 e. The smallest absolute Gasteiger partial charge is 0.269 e. The van der Waals surface area contributed by atoms with Gasteiger partial charge in [0.15, 0.2) is 11.6 Å². The zero-order chi connectivity index (χ0) is 20.5. The molecule has 11 heteroatoms. The van der Waals surface area contributed by atoms with Gasteiger partial charge in [-0.15, -0.1) is 0 Å². The Labute approximate surface area is 157 Å². The molecule has 0 bridgehead atoms. The van der Waals surface area contributed by atoms with Crippen LogP contribution in [-0.4, -0.2) is 33.9 Å². The van der Waals surface area contributed by atoms with E-state index in [1.54, 1.807) is 0 Å². The van der Waals surface area contributed by atoms with E-state index in [1.807, 2.05) is 0 Å². The molecule has 0 unspecified atom stereocenters. The van der Waals surface area contributed by atoms with E-state index in [2.05, 4.69) is 20.6 Å². The molecule has 0 aromatic carbocycles. The Morgan fingerprint density at radius 1 is 1.21 bits per heavy atom. The number of nitrogens with two attached hydrogens (primary N) is 2. The van der Waals surface area contributed by atoms with Gasteiger partial charge in [-0.1, -0.05) is 0 Å². The summed E-state index contributed by atoms with van der Waals surface area (Å²) in [6.07, 6.45) is 2.39. The lowest BCUT2D eigenvalue weighted by atomic mass is 9.87. The van der Waals surface area contributed by atoms with E-state index in [0.29, 0.717) is 6.42 Å². The number of amides is 1. The fourth-order valence-corrected chi connectivity index (χ4v) is 3.06. The van der Waals surface area contributed by atoms with Crippen molar-refractivity contribution in [3.05, 3.63) is 41.7 Å². The second-order valence-electron chi connectivity index (χ2n) is 6.54. The first-order valence-electron chi connectivity index (χ1n) is 8.45. The van der Waals surface area contributed by atoms with Crippen LogP contribution >= 0.6 is 0 Å². The number of rotatable bonds is 5. The molecule has 150 valence electrons. The van der Waals surface area contributed by atoms with E-state index in [0.717, 1.165) is 18.3 Å². The molecule has 1 aliphatic rings. The molecule has 1 saturated carbocycles. The maximum absolute atomic E-state index is 14.4. The number of carbonyl (C=O) groups excluding carboxylic acids is 1. The molecule has 0 radical (unpaired) electrons. The summed E-state index contributed by atoms with van der Waals surface area (Å²) in [4.78, 5) is 19.1. The highest BCUT2D eigenvalue weighted by Gasteiger charge is 2.46. The predicted molar refractivity (Wildman–Crippen MR) is 94.4 cm³/mol. The summed E-state index contributed by atoms with van der Waals surface area (Å²) in [6.45, 7) is 0. The Morgan fingerprint density at radius 3 is 2.61 bits per heavy atom. The summed E-state index contributed by atoms with van der Waals surface area (Å²) in [5, 5.41) is 4.94. The van der Waals surface area contributed by atoms with Gasteiger partial charge in [0.1, 0.15) is 17.7 Å². The fourth-order valence-electron chi connectivity index (χ4n) is 3.06. The second kappa shape index (κ2) is 7.58. The molecule has 2 aromatic rings. The third-order valence-electron chi connectivity index (χ3n) is 4.43. The van der Waals surface area contributed by atoms with Crippen LogP contribution in [0.15, 0.2) is 24.5 Å². The normalized spacial score (nSPS) is 21.2. The van der Waals surface area contributed by atoms with Crippen molar-refractivity contribution < 1.29 is 22.4 Å². The highest BCUT2D eigenvalue weighted by atomic mass is 19.3. The summed E-state index contributed by atoms with van der Waals surface area (Å²) >= 11 is 0. The molecular weight excluding hydrogens is 380 g/mol. The number of anilines is 3. The van der Waals surface area contributed by atoms with Crippen LogP contribution in [0.1, 0.15) is 29.6 Å². The van der Waals surface area contributed by atoms with E-state index in [-0.39, 0.29) is 29.9 Å². The number of primary amides is 1. The van der Waals surface area contributed by atoms with Crippen molar-refractivity contribution >= 4 is 23.2 Å². The summed E-state index contributed by atoms with van der Waals surface area (Å²) in [5.74, 6) is -6.65. The van der Waals surface area contributed by atoms with Crippen molar-refractivity contribution in [3.63, 3.8) is 0 Å². The standard InChI is InChI=1S/C17H18F4N6O/c18-8-4-9(7-24-6-8)25-15-10(14(23)28)5-11(19)16(27-15)26-13-12(22)2-1-3-17(13,20)21/h4-7,12-13H,1-3,22H2,(H2,23,28)(H2,25,26,27)/t12-,13-/m0/s1. The summed E-state index contributed by atoms with van der Waals surface area (Å²) in [6, 6.07) is -0.628. The number of aromatic nitrogens is 2. The molecule has 7 nitrogen and oxygen atoms in total. The highest BCUT2D eigenvalue weighted by molar-refractivity contribution is 5.98. The van der Waals surface area contributed by atoms with Gasteiger partial charge < -0.3 is 22.1 Å². The summed E-state index contributed by atoms with van der Waals surface area (Å²) in [7, 11) is 0. The Hall–Kier alpha value is -2.95. The minimum atomic E-state index is -3.16. The number of hydrogen-bond donors (Lipinski definition) is 4. The second-order valence-corrected chi connectivity index (χ2v) is 6.54. The number of carbonyl (C=O) groups is 1. The van der Waals surface area contributed by atoms with Crippen LogP contribution in [0.25, 0.3) is 0 Å². The zero-order valence-corrected chi connectivity index (χ0v) is 14.6. The molecule has 2 atom stereocenters. The van der Waals surface area contributed by atoms with Gasteiger partial charge in [-0.25, -0.2) is 22.5 Å². The van der Waals surface area contributed by atoms with Crippen LogP contribution in [0.5, 0.6) is 0 Å². The number of nitrogens with one attached hydrogen (secondary N) is 2. The molecule has 2 aromatic heterocycles. The summed E-state index contributed by atoms with van der Waals surface area (Å²) < 4.78 is 56.1. The predicted octanol–water partition coefficient (Wildman–Crippen LogP) is 2.52. The van der Waals surface area contributed by atoms with Gasteiger partial charge >= 0.3 is 0 Å². The fraction of sp³-hybridized carbons (Fsp3) is 0.353. The third kappa shape index (κ3) is 4.14. The minimum Gasteiger partial charge on any atom is -0.365 e. The van der Waals surface area contributed by atoms with Crippen molar-refractivity contribution in [2.45, 2.75) is 37.3 Å². The molecule has 0 spiro atoms. The molecular formula is C17H18F4N6O. The van der Waals surface area contributed by atoms with E-state index in [4.69, 9.17) is 11.5 Å². The van der Waals surface area contributed by atoms with Gasteiger partial charge in [-0.2, -0.15) is 0 Å². The van der Waals surface area contributed by atoms with Crippen LogP contribution in [0, 0.1) is 11.6 Å². The van der Waals surface area contributed by atoms with E-state index in [9.17, 15) is 22.4 Å². The number of halogens is 4. The van der Waals surface area contributed by atoms with Crippen molar-refractivity contribution in [2.75, 3.05) is 10.6 Å². The van der Waals surface area contributed by atoms with Crippen LogP contribution in [-0.2, 0) is 0 Å². The van der Waals surface area contributed by atoms with Crippen LogP contribution in [0.4, 0.5) is 34.9 Å². The van der Waals surface area contributed by atoms with E-state index in [1.165, 1.54) is 6.20 Å². The first-order chi connectivity index (χ1) is 13.2. The van der Waals surface area contributed by atoms with Gasteiger partial charge in [0, 0.05) is 18.5 Å². The molecule has 0 saturated heterocycles. The van der Waals surface area contributed by atoms with Gasteiger partial charge in [0.2, 0.25) is 0 Å². The minimum absolute atomic E-state index is 0.104. The summed E-state index contributed by atoms with van der Waals surface area (Å²) in [5.41, 5.74) is 10.8. The van der Waals surface area contributed by atoms with Gasteiger partial charge in [0.05, 0.1) is 23.6 Å². The van der Waals surface area contributed by atoms with Gasteiger partial charge in [-0.3, -0.25) is 9.78 Å². The first kappa shape index (κ1) is 19.8. The molecule has 1 fully saturated rings. The number of hydrogen-bond acceptors (Lipinski definition) is 6. The monoisotopic (exact) mass is 398 g/mol. The maximum atomic E-state index is 14.4. The topological polar surface area (TPSA) is 119 Å². The van der Waals surface area contributed by atoms with Crippen LogP contribution < -0.4 is 22.1 Å². The Balaban J connectivity index is 1.97. The number of nitrogens with zero attached hydrogens (tertiary/aromatic N) is 2. The average Bonchev–Trinajstić information content (AvgIpc) is 2.60. The molecule has 28 heavy (non-hydrogen) atoms. The van der Waals surface area contributed by atoms with Crippen LogP contribution in [0.3, 0.4) is 0 Å². The van der Waals surface area contributed by atoms with E-state index >= 15 is 0 Å². The van der Waals surface area contributed by atoms with Crippen molar-refractivity contribution in [1.29, 1.82) is 0 Å². The number of alkyl halides is 2. The molecule has 3 rings (SSSR count). The van der Waals surface area contributed by atoms with Crippen molar-refractivity contribution in [2.24, 2.45) is 11.5 Å². The highest BCUT2D eigenvalue weighted by Crippen LogP contribution is 2.35. The number of pyridine rings is 2. The molecule has 0 aliphatic heterocycles. The Bertz CT molecular complexity index is 894. The van der Waals surface area contributed by atoms with Gasteiger partial charge in [-0.05, 0) is 18.9 Å². The van der Waals surface area contributed by atoms with Crippen molar-refractivity contribution in [1.82, 2.24) is 9.97 Å². The van der Waals surface area contributed by atoms with Gasteiger partial charge in [0.25, 0.3) is 11.8 Å². The average molecular weight is 398 g/mol. The zero-order valence-electron chi connectivity index (χ0n) is 14.6. The Morgan fingerprint density at radius 2 is 1.96 bits per heavy atom. The largest absolute Gasteiger partial charge is 0.365 e. The SMILES string of the molecule is NC(=O)c1cc(F)c(N[C@H]2[C@@H](N)CCCC2(F)F)nc1Nc1cncc(F)c1. The lowest BCUT2D eigenvalue weighted by Gasteiger charge is -2.36. The van der Waals surface area contributed by atoms with Crippen LogP contribution in [0.2, 0.25) is 0 Å². The first-order valence-corrected chi connectivity index (χ1v) is 8.45. The Kier molecular flexibility index (Phi) is 5.36. The quantitative estimate of drug-likeness (QED) is 0.575. The molecule has 6 N–H and O–H groups in total. The van der Waals surface area contributed by atoms with E-state index < -0.39 is 41.4 Å². The molecule has 2 heterocycles. The lowest BCUT2D eigenvalue weighted by molar-refractivity contribution is -0.0512. The molecule has 1 aliphatic carbocycles. The third-order valence-corrected chi connectivity index (χ3v) is 4.43. The van der Waals surface area contributed by atoms with Crippen molar-refractivity contribution in [3.8, 4) is 0 Å². The molecule has 1 amide bonds.